The maximum atomic E-state index is 10.7. The van der Waals surface area contributed by atoms with Gasteiger partial charge in [-0.25, -0.2) is 9.59 Å². The Balaban J connectivity index is 0.000000321. The lowest BCUT2D eigenvalue weighted by Gasteiger charge is -2.22. The number of nitrogens with zero attached hydrogens (tertiary/aromatic N) is 5. The van der Waals surface area contributed by atoms with Crippen LogP contribution in [0.1, 0.15) is 28.3 Å². The van der Waals surface area contributed by atoms with E-state index in [2.05, 4.69) is 25.8 Å². The second-order valence-corrected chi connectivity index (χ2v) is 5.60. The molecule has 3 rings (SSSR count). The molecule has 1 aliphatic carbocycles. The molecular weight excluding hydrogens is 373 g/mol. The molecule has 0 radical (unpaired) electrons. The van der Waals surface area contributed by atoms with Crippen molar-refractivity contribution in [1.82, 2.24) is 25.2 Å². The number of aromatic carboxylic acids is 1. The molecule has 1 atom stereocenters. The van der Waals surface area contributed by atoms with Crippen LogP contribution in [0.25, 0.3) is 0 Å². The standard InChI is InChI=1S/C12H14N6O2.C2HF3O2/c1-18-10-4-2-7(6-9(10)15-17-18)13-11-5-3-8(12(19)20)14-16-11;3-2(4,5)1(6)7/h3,5,7H,2,4,6H2,1H3,(H,13,16)(H,19,20);(H,6,7). The monoisotopic (exact) mass is 388 g/mol. The molecule has 0 bridgehead atoms. The molecule has 0 aliphatic heterocycles. The van der Waals surface area contributed by atoms with Gasteiger partial charge in [-0.3, -0.25) is 4.68 Å². The van der Waals surface area contributed by atoms with Gasteiger partial charge in [0.15, 0.2) is 5.69 Å². The van der Waals surface area contributed by atoms with E-state index < -0.39 is 18.1 Å². The van der Waals surface area contributed by atoms with Gasteiger partial charge in [0.25, 0.3) is 0 Å². The maximum absolute atomic E-state index is 10.7. The zero-order chi connectivity index (χ0) is 20.2. The molecule has 2 aromatic heterocycles. The molecule has 0 fully saturated rings. The van der Waals surface area contributed by atoms with Crippen molar-refractivity contribution in [1.29, 1.82) is 0 Å². The Kier molecular flexibility index (Phi) is 5.92. The third-order valence-electron chi connectivity index (χ3n) is 3.67. The number of anilines is 1. The highest BCUT2D eigenvalue weighted by molar-refractivity contribution is 5.85. The average Bonchev–Trinajstić information content (AvgIpc) is 2.96. The zero-order valence-electron chi connectivity index (χ0n) is 13.9. The van der Waals surface area contributed by atoms with Crippen molar-refractivity contribution in [2.45, 2.75) is 31.5 Å². The van der Waals surface area contributed by atoms with Gasteiger partial charge >= 0.3 is 18.1 Å². The molecule has 0 spiro atoms. The van der Waals surface area contributed by atoms with Crippen molar-refractivity contribution in [3.63, 3.8) is 0 Å². The first-order valence-electron chi connectivity index (χ1n) is 7.59. The van der Waals surface area contributed by atoms with Crippen LogP contribution in [0.3, 0.4) is 0 Å². The fraction of sp³-hybridized carbons (Fsp3) is 0.429. The summed E-state index contributed by atoms with van der Waals surface area (Å²) in [7, 11) is 1.90. The van der Waals surface area contributed by atoms with Gasteiger partial charge in [-0.2, -0.15) is 13.2 Å². The van der Waals surface area contributed by atoms with Crippen molar-refractivity contribution in [3.05, 3.63) is 29.2 Å². The van der Waals surface area contributed by atoms with Crippen LogP contribution in [0, 0.1) is 0 Å². The molecule has 0 saturated carbocycles. The second-order valence-electron chi connectivity index (χ2n) is 5.60. The van der Waals surface area contributed by atoms with Crippen molar-refractivity contribution >= 4 is 17.8 Å². The first-order valence-corrected chi connectivity index (χ1v) is 7.59. The highest BCUT2D eigenvalue weighted by Gasteiger charge is 2.38. The number of aromatic nitrogens is 5. The van der Waals surface area contributed by atoms with Crippen LogP contribution in [0.15, 0.2) is 12.1 Å². The van der Waals surface area contributed by atoms with E-state index in [-0.39, 0.29) is 11.7 Å². The minimum absolute atomic E-state index is 0.0598. The Morgan fingerprint density at radius 3 is 2.41 bits per heavy atom. The Hall–Kier alpha value is -3.25. The predicted octanol–water partition coefficient (Wildman–Crippen LogP) is 0.906. The third-order valence-corrected chi connectivity index (χ3v) is 3.67. The number of halogens is 3. The van der Waals surface area contributed by atoms with Gasteiger partial charge in [-0.15, -0.1) is 15.3 Å². The summed E-state index contributed by atoms with van der Waals surface area (Å²) < 4.78 is 33.5. The van der Waals surface area contributed by atoms with Crippen LogP contribution in [-0.4, -0.2) is 59.6 Å². The number of rotatable bonds is 3. The lowest BCUT2D eigenvalue weighted by molar-refractivity contribution is -0.192. The average molecular weight is 388 g/mol. The van der Waals surface area contributed by atoms with E-state index >= 15 is 0 Å². The predicted molar refractivity (Wildman–Crippen MR) is 83.1 cm³/mol. The number of fused-ring (bicyclic) bond motifs is 1. The summed E-state index contributed by atoms with van der Waals surface area (Å²) in [6.45, 7) is 0. The molecule has 2 heterocycles. The van der Waals surface area contributed by atoms with E-state index in [1.807, 2.05) is 11.7 Å². The summed E-state index contributed by atoms with van der Waals surface area (Å²) >= 11 is 0. The number of nitrogens with one attached hydrogen (secondary N) is 1. The largest absolute Gasteiger partial charge is 0.490 e. The molecule has 27 heavy (non-hydrogen) atoms. The summed E-state index contributed by atoms with van der Waals surface area (Å²) in [6, 6.07) is 3.28. The summed E-state index contributed by atoms with van der Waals surface area (Å²) in [4.78, 5) is 19.6. The van der Waals surface area contributed by atoms with E-state index in [1.54, 1.807) is 6.07 Å². The summed E-state index contributed by atoms with van der Waals surface area (Å²) in [5, 5.41) is 34.8. The first-order chi connectivity index (χ1) is 12.6. The molecule has 2 aromatic rings. The number of carboxylic acids is 2. The SMILES string of the molecule is Cn1nnc2c1CCC(Nc1ccc(C(=O)O)nn1)C2.O=C(O)C(F)(F)F. The fourth-order valence-electron chi connectivity index (χ4n) is 2.39. The van der Waals surface area contributed by atoms with Gasteiger partial charge in [0.1, 0.15) is 5.82 Å². The summed E-state index contributed by atoms with van der Waals surface area (Å²) in [6.07, 6.45) is -2.43. The quantitative estimate of drug-likeness (QED) is 0.699. The minimum atomic E-state index is -5.08. The molecule has 0 saturated heterocycles. The van der Waals surface area contributed by atoms with Crippen molar-refractivity contribution < 1.29 is 33.0 Å². The normalized spacial score (nSPS) is 15.9. The van der Waals surface area contributed by atoms with E-state index in [0.29, 0.717) is 5.82 Å². The minimum Gasteiger partial charge on any atom is -0.476 e. The molecule has 0 amide bonds. The lowest BCUT2D eigenvalue weighted by atomic mass is 9.96. The van der Waals surface area contributed by atoms with Crippen LogP contribution < -0.4 is 5.32 Å². The van der Waals surface area contributed by atoms with Crippen molar-refractivity contribution in [2.75, 3.05) is 5.32 Å². The molecule has 0 aromatic carbocycles. The van der Waals surface area contributed by atoms with Gasteiger partial charge in [0.2, 0.25) is 0 Å². The Morgan fingerprint density at radius 1 is 1.22 bits per heavy atom. The van der Waals surface area contributed by atoms with Crippen molar-refractivity contribution in [3.8, 4) is 0 Å². The topological polar surface area (TPSA) is 143 Å². The molecule has 1 aliphatic rings. The zero-order valence-corrected chi connectivity index (χ0v) is 13.9. The smallest absolute Gasteiger partial charge is 0.476 e. The number of hydrogen-bond acceptors (Lipinski definition) is 7. The van der Waals surface area contributed by atoms with Gasteiger partial charge in [-0.1, -0.05) is 5.21 Å². The fourth-order valence-corrected chi connectivity index (χ4v) is 2.39. The van der Waals surface area contributed by atoms with Crippen LogP contribution in [-0.2, 0) is 24.7 Å². The molecule has 10 nitrogen and oxygen atoms in total. The van der Waals surface area contributed by atoms with Crippen LogP contribution in [0.2, 0.25) is 0 Å². The van der Waals surface area contributed by atoms with E-state index in [0.717, 1.165) is 25.0 Å². The summed E-state index contributed by atoms with van der Waals surface area (Å²) in [5.74, 6) is -3.26. The number of carbonyl (C=O) groups is 2. The molecule has 3 N–H and O–H groups in total. The van der Waals surface area contributed by atoms with Gasteiger partial charge < -0.3 is 15.5 Å². The van der Waals surface area contributed by atoms with Crippen LogP contribution in [0.5, 0.6) is 0 Å². The number of carboxylic acid groups (broad SMARTS) is 2. The van der Waals surface area contributed by atoms with Gasteiger partial charge in [-0.05, 0) is 25.0 Å². The van der Waals surface area contributed by atoms with E-state index in [1.165, 1.54) is 11.8 Å². The molecule has 13 heteroatoms. The van der Waals surface area contributed by atoms with Crippen LogP contribution >= 0.6 is 0 Å². The summed E-state index contributed by atoms with van der Waals surface area (Å²) in [5.41, 5.74) is 2.12. The number of aryl methyl sites for hydroxylation is 1. The number of hydrogen-bond donors (Lipinski definition) is 3. The second kappa shape index (κ2) is 7.97. The third kappa shape index (κ3) is 5.36. The number of alkyl halides is 3. The first kappa shape index (κ1) is 20.1. The molecule has 1 unspecified atom stereocenters. The Bertz CT molecular complexity index is 821. The molecular formula is C14H15F3N6O4. The van der Waals surface area contributed by atoms with Crippen molar-refractivity contribution in [2.24, 2.45) is 7.05 Å². The highest BCUT2D eigenvalue weighted by Crippen LogP contribution is 2.21. The number of aliphatic carboxylic acids is 1. The lowest BCUT2D eigenvalue weighted by Crippen LogP contribution is -2.28. The van der Waals surface area contributed by atoms with E-state index in [9.17, 15) is 18.0 Å². The highest BCUT2D eigenvalue weighted by atomic mass is 19.4. The van der Waals surface area contributed by atoms with Gasteiger partial charge in [0.05, 0.1) is 11.4 Å². The van der Waals surface area contributed by atoms with E-state index in [4.69, 9.17) is 15.0 Å². The van der Waals surface area contributed by atoms with Gasteiger partial charge in [0, 0.05) is 19.5 Å². The maximum Gasteiger partial charge on any atom is 0.490 e. The Labute approximate surface area is 150 Å². The Morgan fingerprint density at radius 2 is 1.89 bits per heavy atom. The molecule has 146 valence electrons. The van der Waals surface area contributed by atoms with Crippen LogP contribution in [0.4, 0.5) is 19.0 Å².